The molecule has 0 amide bonds. The number of rotatable bonds is 4. The summed E-state index contributed by atoms with van der Waals surface area (Å²) in [5.41, 5.74) is -0.120. The molecule has 0 saturated heterocycles. The number of benzene rings is 2. The maximum absolute atomic E-state index is 13.0. The van der Waals surface area contributed by atoms with Crippen LogP contribution in [-0.4, -0.2) is 17.6 Å². The Kier molecular flexibility index (Phi) is 5.67. The highest BCUT2D eigenvalue weighted by Crippen LogP contribution is 2.37. The molecule has 28 heavy (non-hydrogen) atoms. The van der Waals surface area contributed by atoms with Crippen LogP contribution in [0.1, 0.15) is 22.8 Å². The van der Waals surface area contributed by atoms with E-state index >= 15 is 0 Å². The van der Waals surface area contributed by atoms with Crippen molar-refractivity contribution in [3.8, 4) is 0 Å². The molecule has 0 aliphatic carbocycles. The number of carbonyl (C=O) groups is 1. The Balaban J connectivity index is 2.21. The standard InChI is InChI=1S/C19H13Cl2F3N2O2/c1-2-28-18(27)12-9-25-15-8-10(19(22,23)24)6-7-11(15)17(12)26-14-5-3-4-13(20)16(14)21/h3-9H,2H2,1H3,(H,25,26). The van der Waals surface area contributed by atoms with E-state index in [2.05, 4.69) is 10.3 Å². The lowest BCUT2D eigenvalue weighted by molar-refractivity contribution is -0.137. The molecule has 0 radical (unpaired) electrons. The Hall–Kier alpha value is -2.51. The van der Waals surface area contributed by atoms with Crippen molar-refractivity contribution in [3.05, 3.63) is 63.8 Å². The van der Waals surface area contributed by atoms with Gasteiger partial charge in [-0.3, -0.25) is 4.98 Å². The molecule has 0 bridgehead atoms. The summed E-state index contributed by atoms with van der Waals surface area (Å²) in [6, 6.07) is 7.93. The van der Waals surface area contributed by atoms with Gasteiger partial charge in [0.25, 0.3) is 0 Å². The predicted octanol–water partition coefficient (Wildman–Crippen LogP) is 6.48. The normalized spacial score (nSPS) is 11.5. The number of ether oxygens (including phenoxy) is 1. The van der Waals surface area contributed by atoms with E-state index in [9.17, 15) is 18.0 Å². The van der Waals surface area contributed by atoms with Crippen LogP contribution < -0.4 is 5.32 Å². The van der Waals surface area contributed by atoms with Gasteiger partial charge < -0.3 is 10.1 Å². The summed E-state index contributed by atoms with van der Waals surface area (Å²) < 4.78 is 44.1. The minimum absolute atomic E-state index is 0.0588. The minimum atomic E-state index is -4.51. The van der Waals surface area contributed by atoms with Gasteiger partial charge in [0, 0.05) is 11.6 Å². The fraction of sp³-hybridized carbons (Fsp3) is 0.158. The van der Waals surface area contributed by atoms with Gasteiger partial charge in [-0.2, -0.15) is 13.2 Å². The lowest BCUT2D eigenvalue weighted by atomic mass is 10.1. The molecular formula is C19H13Cl2F3N2O2. The van der Waals surface area contributed by atoms with E-state index in [0.717, 1.165) is 12.1 Å². The second kappa shape index (κ2) is 7.85. The zero-order valence-electron chi connectivity index (χ0n) is 14.4. The maximum Gasteiger partial charge on any atom is 0.416 e. The molecule has 0 atom stereocenters. The first-order valence-corrected chi connectivity index (χ1v) is 8.86. The first-order valence-electron chi connectivity index (χ1n) is 8.10. The van der Waals surface area contributed by atoms with E-state index in [-0.39, 0.29) is 33.4 Å². The number of alkyl halides is 3. The fourth-order valence-corrected chi connectivity index (χ4v) is 2.95. The number of nitrogens with zero attached hydrogens (tertiary/aromatic N) is 1. The number of fused-ring (bicyclic) bond motifs is 1. The van der Waals surface area contributed by atoms with Gasteiger partial charge in [0.15, 0.2) is 0 Å². The van der Waals surface area contributed by atoms with E-state index in [4.69, 9.17) is 27.9 Å². The molecule has 9 heteroatoms. The number of hydrogen-bond acceptors (Lipinski definition) is 4. The first kappa shape index (κ1) is 20.2. The van der Waals surface area contributed by atoms with Gasteiger partial charge in [-0.1, -0.05) is 35.3 Å². The molecule has 3 aromatic rings. The first-order chi connectivity index (χ1) is 13.2. The SMILES string of the molecule is CCOC(=O)c1cnc2cc(C(F)(F)F)ccc2c1Nc1cccc(Cl)c1Cl. The van der Waals surface area contributed by atoms with E-state index < -0.39 is 17.7 Å². The fourth-order valence-electron chi connectivity index (χ4n) is 2.60. The Morgan fingerprint density at radius 2 is 1.96 bits per heavy atom. The number of carbonyl (C=O) groups excluding carboxylic acids is 1. The smallest absolute Gasteiger partial charge is 0.416 e. The second-order valence-electron chi connectivity index (χ2n) is 5.72. The van der Waals surface area contributed by atoms with Crippen molar-refractivity contribution >= 4 is 51.4 Å². The highest BCUT2D eigenvalue weighted by atomic mass is 35.5. The number of pyridine rings is 1. The van der Waals surface area contributed by atoms with Crippen LogP contribution in [0.25, 0.3) is 10.9 Å². The van der Waals surface area contributed by atoms with E-state index in [1.54, 1.807) is 25.1 Å². The van der Waals surface area contributed by atoms with Crippen LogP contribution in [0, 0.1) is 0 Å². The molecule has 0 aliphatic rings. The van der Waals surface area contributed by atoms with Crippen molar-refractivity contribution in [2.75, 3.05) is 11.9 Å². The Labute approximate surface area is 168 Å². The monoisotopic (exact) mass is 428 g/mol. The van der Waals surface area contributed by atoms with E-state index in [1.165, 1.54) is 12.3 Å². The van der Waals surface area contributed by atoms with Crippen LogP contribution in [0.3, 0.4) is 0 Å². The van der Waals surface area contributed by atoms with Gasteiger partial charge in [-0.05, 0) is 31.2 Å². The zero-order chi connectivity index (χ0) is 20.5. The Bertz CT molecular complexity index is 1060. The highest BCUT2D eigenvalue weighted by molar-refractivity contribution is 6.43. The minimum Gasteiger partial charge on any atom is -0.462 e. The largest absolute Gasteiger partial charge is 0.462 e. The summed E-state index contributed by atoms with van der Waals surface area (Å²) in [5.74, 6) is -0.669. The summed E-state index contributed by atoms with van der Waals surface area (Å²) in [7, 11) is 0. The van der Waals surface area contributed by atoms with Gasteiger partial charge in [0.05, 0.1) is 39.1 Å². The molecule has 0 unspecified atom stereocenters. The summed E-state index contributed by atoms with van der Waals surface area (Å²) in [6.07, 6.45) is -3.35. The average molecular weight is 429 g/mol. The molecule has 1 aromatic heterocycles. The molecule has 1 heterocycles. The van der Waals surface area contributed by atoms with Gasteiger partial charge in [-0.15, -0.1) is 0 Å². The van der Waals surface area contributed by atoms with E-state index in [1.807, 2.05) is 0 Å². The molecule has 1 N–H and O–H groups in total. The van der Waals surface area contributed by atoms with Crippen molar-refractivity contribution in [1.82, 2.24) is 4.98 Å². The topological polar surface area (TPSA) is 51.2 Å². The van der Waals surface area contributed by atoms with Crippen LogP contribution in [0.5, 0.6) is 0 Å². The predicted molar refractivity (Wildman–Crippen MR) is 102 cm³/mol. The summed E-state index contributed by atoms with van der Waals surface area (Å²) in [6.45, 7) is 1.77. The molecule has 0 fully saturated rings. The third-order valence-corrected chi connectivity index (χ3v) is 4.72. The molecule has 146 valence electrons. The zero-order valence-corrected chi connectivity index (χ0v) is 15.9. The summed E-state index contributed by atoms with van der Waals surface area (Å²) >= 11 is 12.2. The van der Waals surface area contributed by atoms with Gasteiger partial charge >= 0.3 is 12.1 Å². The van der Waals surface area contributed by atoms with Gasteiger partial charge in [-0.25, -0.2) is 4.79 Å². The van der Waals surface area contributed by atoms with Crippen LogP contribution in [-0.2, 0) is 10.9 Å². The van der Waals surface area contributed by atoms with Gasteiger partial charge in [0.2, 0.25) is 0 Å². The quantitative estimate of drug-likeness (QED) is 0.483. The average Bonchev–Trinajstić information content (AvgIpc) is 2.64. The third kappa shape index (κ3) is 4.00. The Morgan fingerprint density at radius 3 is 2.64 bits per heavy atom. The lowest BCUT2D eigenvalue weighted by Gasteiger charge is -2.16. The molecule has 4 nitrogen and oxygen atoms in total. The van der Waals surface area contributed by atoms with Crippen molar-refractivity contribution in [3.63, 3.8) is 0 Å². The summed E-state index contributed by atoms with van der Waals surface area (Å²) in [4.78, 5) is 16.3. The number of anilines is 2. The molecule has 0 aliphatic heterocycles. The molecule has 0 spiro atoms. The van der Waals surface area contributed by atoms with Crippen LogP contribution in [0.15, 0.2) is 42.6 Å². The Morgan fingerprint density at radius 1 is 1.21 bits per heavy atom. The van der Waals surface area contributed by atoms with Crippen LogP contribution >= 0.6 is 23.2 Å². The molecule has 2 aromatic carbocycles. The van der Waals surface area contributed by atoms with E-state index in [0.29, 0.717) is 11.1 Å². The second-order valence-corrected chi connectivity index (χ2v) is 6.51. The number of esters is 1. The van der Waals surface area contributed by atoms with Gasteiger partial charge in [0.1, 0.15) is 5.56 Å². The molecule has 0 saturated carbocycles. The lowest BCUT2D eigenvalue weighted by Crippen LogP contribution is -2.10. The van der Waals surface area contributed by atoms with Crippen molar-refractivity contribution < 1.29 is 22.7 Å². The number of aromatic nitrogens is 1. The van der Waals surface area contributed by atoms with Crippen molar-refractivity contribution in [1.29, 1.82) is 0 Å². The molecular weight excluding hydrogens is 416 g/mol. The number of halogens is 5. The van der Waals surface area contributed by atoms with Crippen LogP contribution in [0.4, 0.5) is 24.5 Å². The summed E-state index contributed by atoms with van der Waals surface area (Å²) in [5, 5.41) is 3.77. The van der Waals surface area contributed by atoms with Crippen molar-refractivity contribution in [2.24, 2.45) is 0 Å². The number of nitrogens with one attached hydrogen (secondary N) is 1. The highest BCUT2D eigenvalue weighted by Gasteiger charge is 2.31. The maximum atomic E-state index is 13.0. The van der Waals surface area contributed by atoms with Crippen LogP contribution in [0.2, 0.25) is 10.0 Å². The molecule has 3 rings (SSSR count). The number of hydrogen-bond donors (Lipinski definition) is 1. The van der Waals surface area contributed by atoms with Crippen molar-refractivity contribution in [2.45, 2.75) is 13.1 Å². The third-order valence-electron chi connectivity index (χ3n) is 3.90.